The first kappa shape index (κ1) is 17.2. The molecule has 0 saturated carbocycles. The monoisotopic (exact) mass is 387 g/mol. The van der Waals surface area contributed by atoms with Gasteiger partial charge in [-0.1, -0.05) is 36.4 Å². The molecule has 5 rings (SSSR count). The number of para-hydroxylation sites is 2. The molecular weight excluding hydrogens is 370 g/mol. The maximum absolute atomic E-state index is 12.7. The molecule has 0 aliphatic carbocycles. The van der Waals surface area contributed by atoms with Gasteiger partial charge in [-0.3, -0.25) is 9.59 Å². The van der Waals surface area contributed by atoms with Gasteiger partial charge in [0, 0.05) is 35.6 Å². The summed E-state index contributed by atoms with van der Waals surface area (Å²) in [5.74, 6) is -0.776. The van der Waals surface area contributed by atoms with E-state index >= 15 is 0 Å². The Morgan fingerprint density at radius 1 is 1.07 bits per heavy atom. The number of likely N-dealkylation sites (tertiary alicyclic amines) is 1. The average Bonchev–Trinajstić information content (AvgIpc) is 3.11. The molecule has 0 spiro atoms. The fraction of sp³-hybridized carbons (Fsp3) is 0.136. The Bertz CT molecular complexity index is 1310. The molecule has 7 heteroatoms. The number of aromatic nitrogens is 1. The summed E-state index contributed by atoms with van der Waals surface area (Å²) in [7, 11) is 0. The topological polar surface area (TPSA) is 95.4 Å². The van der Waals surface area contributed by atoms with Gasteiger partial charge in [0.1, 0.15) is 11.3 Å². The molecule has 144 valence electrons. The number of carbonyl (C=O) groups is 2. The van der Waals surface area contributed by atoms with E-state index in [1.54, 1.807) is 35.4 Å². The van der Waals surface area contributed by atoms with Crippen LogP contribution in [0.5, 0.6) is 0 Å². The van der Waals surface area contributed by atoms with Crippen LogP contribution in [0.4, 0.5) is 5.69 Å². The summed E-state index contributed by atoms with van der Waals surface area (Å²) in [5, 5.41) is 4.23. The summed E-state index contributed by atoms with van der Waals surface area (Å²) in [6.45, 7) is 0.617. The molecule has 29 heavy (non-hydrogen) atoms. The van der Waals surface area contributed by atoms with E-state index in [-0.39, 0.29) is 23.4 Å². The minimum Gasteiger partial charge on any atom is -0.421 e. The first-order valence-corrected chi connectivity index (χ1v) is 9.29. The van der Waals surface area contributed by atoms with Crippen LogP contribution >= 0.6 is 0 Å². The number of rotatable bonds is 3. The molecule has 1 aliphatic heterocycles. The van der Waals surface area contributed by atoms with Gasteiger partial charge in [-0.05, 0) is 18.2 Å². The van der Waals surface area contributed by atoms with Crippen molar-refractivity contribution in [1.82, 2.24) is 9.88 Å². The maximum atomic E-state index is 12.7. The molecule has 2 aromatic heterocycles. The molecule has 2 N–H and O–H groups in total. The van der Waals surface area contributed by atoms with Crippen LogP contribution in [0.3, 0.4) is 0 Å². The Kier molecular flexibility index (Phi) is 3.94. The maximum Gasteiger partial charge on any atom is 0.360 e. The van der Waals surface area contributed by atoms with E-state index in [9.17, 15) is 14.4 Å². The summed E-state index contributed by atoms with van der Waals surface area (Å²) in [5.41, 5.74) is 1.47. The molecule has 7 nitrogen and oxygen atoms in total. The zero-order valence-electron chi connectivity index (χ0n) is 15.3. The van der Waals surface area contributed by atoms with E-state index in [2.05, 4.69) is 10.3 Å². The molecule has 1 fully saturated rings. The van der Waals surface area contributed by atoms with Gasteiger partial charge in [-0.2, -0.15) is 0 Å². The van der Waals surface area contributed by atoms with Crippen molar-refractivity contribution in [3.8, 4) is 0 Å². The van der Waals surface area contributed by atoms with Gasteiger partial charge in [0.05, 0.1) is 11.5 Å². The number of benzene rings is 2. The molecule has 4 aromatic rings. The standard InChI is InChI=1S/C22H17N3O4/c26-20(24-18-9-13-5-1-4-8-19(13)29-22(18)28)14-11-25(12-14)21(27)16-10-23-17-7-3-2-6-15(16)17/h1-10,14,23H,11-12H2,(H,24,26). The minimum atomic E-state index is -0.594. The minimum absolute atomic E-state index is 0.107. The SMILES string of the molecule is O=C(Nc1cc2ccccc2oc1=O)C1CN(C(=O)c2c[nH]c3ccccc23)C1. The van der Waals surface area contributed by atoms with E-state index in [4.69, 9.17) is 4.42 Å². The summed E-state index contributed by atoms with van der Waals surface area (Å²) < 4.78 is 5.24. The molecule has 0 bridgehead atoms. The Morgan fingerprint density at radius 3 is 2.69 bits per heavy atom. The number of hydrogen-bond acceptors (Lipinski definition) is 4. The zero-order chi connectivity index (χ0) is 20.0. The van der Waals surface area contributed by atoms with Crippen LogP contribution in [0.2, 0.25) is 0 Å². The second-order valence-electron chi connectivity index (χ2n) is 7.13. The van der Waals surface area contributed by atoms with Crippen LogP contribution in [0.25, 0.3) is 21.9 Å². The molecule has 2 aromatic carbocycles. The Hall–Kier alpha value is -3.87. The number of hydrogen-bond donors (Lipinski definition) is 2. The van der Waals surface area contributed by atoms with Crippen molar-refractivity contribution in [2.75, 3.05) is 18.4 Å². The highest BCUT2D eigenvalue weighted by atomic mass is 16.4. The molecule has 1 aliphatic rings. The van der Waals surface area contributed by atoms with Gasteiger partial charge in [-0.15, -0.1) is 0 Å². The fourth-order valence-electron chi connectivity index (χ4n) is 3.61. The van der Waals surface area contributed by atoms with Crippen molar-refractivity contribution >= 4 is 39.4 Å². The van der Waals surface area contributed by atoms with Crippen LogP contribution in [-0.4, -0.2) is 34.8 Å². The van der Waals surface area contributed by atoms with Gasteiger partial charge in [0.15, 0.2) is 0 Å². The summed E-state index contributed by atoms with van der Waals surface area (Å²) in [6, 6.07) is 16.3. The third kappa shape index (κ3) is 2.97. The number of carbonyl (C=O) groups excluding carboxylic acids is 2. The number of aromatic amines is 1. The lowest BCUT2D eigenvalue weighted by Crippen LogP contribution is -2.54. The van der Waals surface area contributed by atoms with Crippen molar-refractivity contribution in [3.05, 3.63) is 76.8 Å². The second kappa shape index (κ2) is 6.63. The third-order valence-corrected chi connectivity index (χ3v) is 5.26. The first-order valence-electron chi connectivity index (χ1n) is 9.29. The number of anilines is 1. The van der Waals surface area contributed by atoms with Crippen LogP contribution in [0.1, 0.15) is 10.4 Å². The third-order valence-electron chi connectivity index (χ3n) is 5.26. The van der Waals surface area contributed by atoms with E-state index < -0.39 is 5.63 Å². The van der Waals surface area contributed by atoms with E-state index in [0.717, 1.165) is 16.3 Å². The smallest absolute Gasteiger partial charge is 0.360 e. The average molecular weight is 387 g/mol. The van der Waals surface area contributed by atoms with Crippen LogP contribution in [-0.2, 0) is 4.79 Å². The molecule has 0 atom stereocenters. The van der Waals surface area contributed by atoms with Gasteiger partial charge in [-0.25, -0.2) is 4.79 Å². The van der Waals surface area contributed by atoms with Crippen LogP contribution < -0.4 is 10.9 Å². The zero-order valence-corrected chi connectivity index (χ0v) is 15.3. The number of fused-ring (bicyclic) bond motifs is 2. The van der Waals surface area contributed by atoms with E-state index in [1.807, 2.05) is 30.3 Å². The number of amides is 2. The van der Waals surface area contributed by atoms with Gasteiger partial charge < -0.3 is 19.6 Å². The Morgan fingerprint density at radius 2 is 1.83 bits per heavy atom. The molecular formula is C22H17N3O4. The van der Waals surface area contributed by atoms with Crippen LogP contribution in [0, 0.1) is 5.92 Å². The highest BCUT2D eigenvalue weighted by molar-refractivity contribution is 6.07. The largest absolute Gasteiger partial charge is 0.421 e. The van der Waals surface area contributed by atoms with E-state index in [0.29, 0.717) is 24.2 Å². The van der Waals surface area contributed by atoms with Gasteiger partial charge >= 0.3 is 5.63 Å². The van der Waals surface area contributed by atoms with Gasteiger partial charge in [0.2, 0.25) is 5.91 Å². The van der Waals surface area contributed by atoms with Crippen molar-refractivity contribution < 1.29 is 14.0 Å². The number of nitrogens with zero attached hydrogens (tertiary/aromatic N) is 1. The molecule has 0 unspecified atom stereocenters. The van der Waals surface area contributed by atoms with Crippen molar-refractivity contribution in [1.29, 1.82) is 0 Å². The summed E-state index contributed by atoms with van der Waals surface area (Å²) in [4.78, 5) is 42.1. The molecule has 1 saturated heterocycles. The lowest BCUT2D eigenvalue weighted by Gasteiger charge is -2.38. The number of H-pyrrole nitrogens is 1. The highest BCUT2D eigenvalue weighted by Gasteiger charge is 2.37. The first-order chi connectivity index (χ1) is 14.1. The Labute approximate surface area is 164 Å². The van der Waals surface area contributed by atoms with Crippen molar-refractivity contribution in [2.45, 2.75) is 0 Å². The normalized spacial score (nSPS) is 14.1. The lowest BCUT2D eigenvalue weighted by atomic mass is 9.97. The predicted octanol–water partition coefficient (Wildman–Crippen LogP) is 2.99. The van der Waals surface area contributed by atoms with Crippen molar-refractivity contribution in [3.63, 3.8) is 0 Å². The summed E-state index contributed by atoms with van der Waals surface area (Å²) in [6.07, 6.45) is 1.70. The fourth-order valence-corrected chi connectivity index (χ4v) is 3.61. The molecule has 0 radical (unpaired) electrons. The van der Waals surface area contributed by atoms with Crippen molar-refractivity contribution in [2.24, 2.45) is 5.92 Å². The van der Waals surface area contributed by atoms with Gasteiger partial charge in [0.25, 0.3) is 5.91 Å². The lowest BCUT2D eigenvalue weighted by molar-refractivity contribution is -0.123. The summed E-state index contributed by atoms with van der Waals surface area (Å²) >= 11 is 0. The van der Waals surface area contributed by atoms with E-state index in [1.165, 1.54) is 0 Å². The second-order valence-corrected chi connectivity index (χ2v) is 7.13. The van der Waals surface area contributed by atoms with Crippen LogP contribution in [0.15, 0.2) is 70.0 Å². The molecule has 3 heterocycles. The predicted molar refractivity (Wildman–Crippen MR) is 109 cm³/mol. The highest BCUT2D eigenvalue weighted by Crippen LogP contribution is 2.25. The quantitative estimate of drug-likeness (QED) is 0.528. The molecule has 2 amide bonds. The Balaban J connectivity index is 1.27. The number of nitrogens with one attached hydrogen (secondary N) is 2.